The van der Waals surface area contributed by atoms with Crippen LogP contribution in [0.25, 0.3) is 0 Å². The Kier molecular flexibility index (Phi) is 4.55. The SMILES string of the molecule is C=C(C)CCOc1nc(NN)nc(C)c1[N+](=O)[O-]. The zero-order valence-electron chi connectivity index (χ0n) is 10.3. The molecule has 0 saturated carbocycles. The number of nitrogen functional groups attached to an aromatic ring is 1. The van der Waals surface area contributed by atoms with Crippen LogP contribution < -0.4 is 16.0 Å². The summed E-state index contributed by atoms with van der Waals surface area (Å²) in [5.74, 6) is 5.15. The standard InChI is InChI=1S/C10H15N5O3/c1-6(2)4-5-18-9-8(15(16)17)7(3)12-10(13-9)14-11/h1,4-5,11H2,2-3H3,(H,12,13,14). The zero-order chi connectivity index (χ0) is 13.7. The molecule has 0 aliphatic heterocycles. The van der Waals surface area contributed by atoms with E-state index in [4.69, 9.17) is 10.6 Å². The van der Waals surface area contributed by atoms with Gasteiger partial charge in [0.05, 0.1) is 11.5 Å². The van der Waals surface area contributed by atoms with E-state index in [1.54, 1.807) is 0 Å². The Balaban J connectivity index is 3.01. The molecule has 0 fully saturated rings. The van der Waals surface area contributed by atoms with Crippen molar-refractivity contribution in [1.82, 2.24) is 9.97 Å². The maximum absolute atomic E-state index is 10.9. The van der Waals surface area contributed by atoms with Gasteiger partial charge in [0.15, 0.2) is 0 Å². The number of nitrogens with two attached hydrogens (primary N) is 1. The number of ether oxygens (including phenoxy) is 1. The monoisotopic (exact) mass is 253 g/mol. The minimum atomic E-state index is -0.578. The molecule has 18 heavy (non-hydrogen) atoms. The Bertz CT molecular complexity index is 475. The van der Waals surface area contributed by atoms with Gasteiger partial charge in [0, 0.05) is 6.42 Å². The lowest BCUT2D eigenvalue weighted by molar-refractivity contribution is -0.387. The summed E-state index contributed by atoms with van der Waals surface area (Å²) in [5.41, 5.74) is 3.08. The summed E-state index contributed by atoms with van der Waals surface area (Å²) in [6.45, 7) is 7.31. The molecular formula is C10H15N5O3. The molecule has 0 bridgehead atoms. The Hall–Kier alpha value is -2.22. The molecule has 0 aliphatic carbocycles. The third kappa shape index (κ3) is 3.39. The highest BCUT2D eigenvalue weighted by molar-refractivity contribution is 5.48. The number of nitrogens with zero attached hydrogens (tertiary/aromatic N) is 3. The molecule has 0 spiro atoms. The smallest absolute Gasteiger partial charge is 0.352 e. The van der Waals surface area contributed by atoms with Crippen LogP contribution in [0.1, 0.15) is 19.0 Å². The summed E-state index contributed by atoms with van der Waals surface area (Å²) in [4.78, 5) is 18.0. The van der Waals surface area contributed by atoms with Gasteiger partial charge in [0.1, 0.15) is 5.69 Å². The second-order valence-electron chi connectivity index (χ2n) is 3.74. The van der Waals surface area contributed by atoms with E-state index in [2.05, 4.69) is 22.0 Å². The van der Waals surface area contributed by atoms with Gasteiger partial charge < -0.3 is 4.74 Å². The van der Waals surface area contributed by atoms with Gasteiger partial charge in [-0.3, -0.25) is 15.5 Å². The average Bonchev–Trinajstić information content (AvgIpc) is 2.27. The normalized spacial score (nSPS) is 9.94. The van der Waals surface area contributed by atoms with Crippen molar-refractivity contribution in [3.8, 4) is 5.88 Å². The Labute approximate surface area is 104 Å². The molecule has 98 valence electrons. The molecule has 0 radical (unpaired) electrons. The van der Waals surface area contributed by atoms with Gasteiger partial charge in [-0.25, -0.2) is 10.8 Å². The van der Waals surface area contributed by atoms with E-state index in [0.717, 1.165) is 5.57 Å². The van der Waals surface area contributed by atoms with Crippen molar-refractivity contribution in [2.24, 2.45) is 5.84 Å². The average molecular weight is 253 g/mol. The molecule has 8 nitrogen and oxygen atoms in total. The molecular weight excluding hydrogens is 238 g/mol. The minimum absolute atomic E-state index is 0.0726. The van der Waals surface area contributed by atoms with Gasteiger partial charge in [-0.05, 0) is 13.8 Å². The van der Waals surface area contributed by atoms with Gasteiger partial charge in [-0.1, -0.05) is 5.57 Å². The minimum Gasteiger partial charge on any atom is -0.472 e. The molecule has 1 rings (SSSR count). The molecule has 1 aromatic rings. The van der Waals surface area contributed by atoms with E-state index in [-0.39, 0.29) is 29.8 Å². The highest BCUT2D eigenvalue weighted by atomic mass is 16.6. The lowest BCUT2D eigenvalue weighted by Crippen LogP contribution is -2.13. The van der Waals surface area contributed by atoms with Crippen molar-refractivity contribution >= 4 is 11.6 Å². The number of nitro groups is 1. The number of anilines is 1. The van der Waals surface area contributed by atoms with Crippen LogP contribution in [0.4, 0.5) is 11.6 Å². The van der Waals surface area contributed by atoms with Crippen LogP contribution in [0.5, 0.6) is 5.88 Å². The van der Waals surface area contributed by atoms with Crippen molar-refractivity contribution in [3.63, 3.8) is 0 Å². The topological polar surface area (TPSA) is 116 Å². The first-order chi connectivity index (χ1) is 8.45. The molecule has 8 heteroatoms. The molecule has 1 heterocycles. The fourth-order valence-electron chi connectivity index (χ4n) is 1.24. The first-order valence-electron chi connectivity index (χ1n) is 5.22. The van der Waals surface area contributed by atoms with Crippen LogP contribution in [-0.4, -0.2) is 21.5 Å². The number of hydrogen-bond donors (Lipinski definition) is 2. The lowest BCUT2D eigenvalue weighted by Gasteiger charge is -2.08. The number of hydrogen-bond acceptors (Lipinski definition) is 7. The molecule has 3 N–H and O–H groups in total. The van der Waals surface area contributed by atoms with E-state index in [1.807, 2.05) is 6.92 Å². The molecule has 1 aromatic heterocycles. The second kappa shape index (κ2) is 5.92. The fraction of sp³-hybridized carbons (Fsp3) is 0.400. The number of hydrazine groups is 1. The number of rotatable bonds is 6. The highest BCUT2D eigenvalue weighted by Gasteiger charge is 2.23. The van der Waals surface area contributed by atoms with Crippen LogP contribution in [0.15, 0.2) is 12.2 Å². The van der Waals surface area contributed by atoms with E-state index in [9.17, 15) is 10.1 Å². The highest BCUT2D eigenvalue weighted by Crippen LogP contribution is 2.28. The number of aromatic nitrogens is 2. The van der Waals surface area contributed by atoms with Gasteiger partial charge >= 0.3 is 5.69 Å². The zero-order valence-corrected chi connectivity index (χ0v) is 10.3. The fourth-order valence-corrected chi connectivity index (χ4v) is 1.24. The van der Waals surface area contributed by atoms with Crippen molar-refractivity contribution < 1.29 is 9.66 Å². The van der Waals surface area contributed by atoms with E-state index in [1.165, 1.54) is 6.92 Å². The molecule has 0 atom stereocenters. The van der Waals surface area contributed by atoms with Crippen LogP contribution in [-0.2, 0) is 0 Å². The van der Waals surface area contributed by atoms with Crippen molar-refractivity contribution in [3.05, 3.63) is 28.0 Å². The first kappa shape index (κ1) is 13.8. The number of nitrogens with one attached hydrogen (secondary N) is 1. The maximum Gasteiger partial charge on any atom is 0.352 e. The van der Waals surface area contributed by atoms with Crippen molar-refractivity contribution in [2.45, 2.75) is 20.3 Å². The molecule has 0 saturated heterocycles. The maximum atomic E-state index is 10.9. The summed E-state index contributed by atoms with van der Waals surface area (Å²) in [6.07, 6.45) is 0.589. The molecule has 0 unspecified atom stereocenters. The van der Waals surface area contributed by atoms with Gasteiger partial charge in [0.2, 0.25) is 5.95 Å². The Morgan fingerprint density at radius 1 is 1.61 bits per heavy atom. The lowest BCUT2D eigenvalue weighted by atomic mass is 10.3. The summed E-state index contributed by atoms with van der Waals surface area (Å²) < 4.78 is 5.28. The summed E-state index contributed by atoms with van der Waals surface area (Å²) in [7, 11) is 0. The first-order valence-corrected chi connectivity index (χ1v) is 5.22. The van der Waals surface area contributed by atoms with Crippen molar-refractivity contribution in [2.75, 3.05) is 12.0 Å². The molecule has 0 amide bonds. The van der Waals surface area contributed by atoms with E-state index < -0.39 is 4.92 Å². The molecule has 0 aliphatic rings. The van der Waals surface area contributed by atoms with Gasteiger partial charge in [-0.15, -0.1) is 6.58 Å². The van der Waals surface area contributed by atoms with E-state index in [0.29, 0.717) is 6.42 Å². The summed E-state index contributed by atoms with van der Waals surface area (Å²) in [5, 5.41) is 10.9. The quantitative estimate of drug-likeness (QED) is 0.340. The van der Waals surface area contributed by atoms with Crippen LogP contribution in [0, 0.1) is 17.0 Å². The molecule has 0 aromatic carbocycles. The third-order valence-electron chi connectivity index (χ3n) is 2.11. The Morgan fingerprint density at radius 2 is 2.28 bits per heavy atom. The van der Waals surface area contributed by atoms with Crippen molar-refractivity contribution in [1.29, 1.82) is 0 Å². The van der Waals surface area contributed by atoms with Crippen LogP contribution in [0.3, 0.4) is 0 Å². The van der Waals surface area contributed by atoms with Gasteiger partial charge in [0.25, 0.3) is 5.88 Å². The second-order valence-corrected chi connectivity index (χ2v) is 3.74. The van der Waals surface area contributed by atoms with Gasteiger partial charge in [-0.2, -0.15) is 4.98 Å². The van der Waals surface area contributed by atoms with Crippen LogP contribution >= 0.6 is 0 Å². The Morgan fingerprint density at radius 3 is 2.78 bits per heavy atom. The predicted octanol–water partition coefficient (Wildman–Crippen LogP) is 1.32. The van der Waals surface area contributed by atoms with E-state index >= 15 is 0 Å². The third-order valence-corrected chi connectivity index (χ3v) is 2.11. The largest absolute Gasteiger partial charge is 0.472 e. The number of aryl methyl sites for hydroxylation is 1. The van der Waals surface area contributed by atoms with Crippen LogP contribution in [0.2, 0.25) is 0 Å². The predicted molar refractivity (Wildman–Crippen MR) is 66.2 cm³/mol. The summed E-state index contributed by atoms with van der Waals surface area (Å²) >= 11 is 0. The summed E-state index contributed by atoms with van der Waals surface area (Å²) in [6, 6.07) is 0.